The van der Waals surface area contributed by atoms with Crippen LogP contribution < -0.4 is 10.6 Å². The molecule has 0 aromatic carbocycles. The van der Waals surface area contributed by atoms with Gasteiger partial charge in [-0.25, -0.2) is 9.97 Å². The van der Waals surface area contributed by atoms with Gasteiger partial charge in [0.25, 0.3) is 0 Å². The topological polar surface area (TPSA) is 67.7 Å². The number of rotatable bonds is 6. The molecule has 0 saturated heterocycles. The SMILES string of the molecule is CNc1cc(NCCn2cccn2)nc(C2CC2)n1. The lowest BCUT2D eigenvalue weighted by atomic mass is 10.3. The standard InChI is InChI=1S/C13H18N6/c1-14-11-9-12(18-13(17-11)10-3-4-10)15-6-8-19-7-2-5-16-19/h2,5,7,9-10H,3-4,6,8H2,1H3,(H2,14,15,17,18). The molecule has 6 heteroatoms. The van der Waals surface area contributed by atoms with Crippen LogP contribution in [0, 0.1) is 0 Å². The Morgan fingerprint density at radius 3 is 2.84 bits per heavy atom. The summed E-state index contributed by atoms with van der Waals surface area (Å²) in [7, 11) is 1.88. The summed E-state index contributed by atoms with van der Waals surface area (Å²) in [6, 6.07) is 3.87. The molecule has 0 amide bonds. The number of anilines is 2. The molecule has 1 aliphatic rings. The van der Waals surface area contributed by atoms with Crippen molar-refractivity contribution in [2.75, 3.05) is 24.2 Å². The average molecular weight is 258 g/mol. The fourth-order valence-electron chi connectivity index (χ4n) is 1.94. The highest BCUT2D eigenvalue weighted by atomic mass is 15.3. The van der Waals surface area contributed by atoms with Crippen LogP contribution in [0.25, 0.3) is 0 Å². The molecule has 0 unspecified atom stereocenters. The second-order valence-electron chi connectivity index (χ2n) is 4.72. The van der Waals surface area contributed by atoms with Crippen LogP contribution in [0.5, 0.6) is 0 Å². The number of aromatic nitrogens is 4. The van der Waals surface area contributed by atoms with E-state index in [0.29, 0.717) is 5.92 Å². The Morgan fingerprint density at radius 1 is 1.32 bits per heavy atom. The highest BCUT2D eigenvalue weighted by molar-refractivity contribution is 5.47. The third-order valence-corrected chi connectivity index (χ3v) is 3.15. The van der Waals surface area contributed by atoms with Crippen molar-refractivity contribution in [3.8, 4) is 0 Å². The van der Waals surface area contributed by atoms with Crippen LogP contribution in [0.3, 0.4) is 0 Å². The molecule has 0 spiro atoms. The zero-order chi connectivity index (χ0) is 13.1. The van der Waals surface area contributed by atoms with Crippen LogP contribution >= 0.6 is 0 Å². The molecule has 0 aliphatic heterocycles. The zero-order valence-electron chi connectivity index (χ0n) is 11.0. The van der Waals surface area contributed by atoms with Crippen molar-refractivity contribution in [3.05, 3.63) is 30.4 Å². The van der Waals surface area contributed by atoms with Crippen molar-refractivity contribution in [3.63, 3.8) is 0 Å². The van der Waals surface area contributed by atoms with E-state index < -0.39 is 0 Å². The Hall–Kier alpha value is -2.11. The summed E-state index contributed by atoms with van der Waals surface area (Å²) in [6.07, 6.45) is 6.16. The summed E-state index contributed by atoms with van der Waals surface area (Å²) in [4.78, 5) is 9.06. The van der Waals surface area contributed by atoms with Gasteiger partial charge in [-0.1, -0.05) is 0 Å². The minimum absolute atomic E-state index is 0.556. The lowest BCUT2D eigenvalue weighted by Gasteiger charge is -2.09. The van der Waals surface area contributed by atoms with Crippen LogP contribution in [0.2, 0.25) is 0 Å². The Balaban J connectivity index is 1.64. The molecule has 2 aromatic rings. The first-order valence-corrected chi connectivity index (χ1v) is 6.63. The fraction of sp³-hybridized carbons (Fsp3) is 0.462. The van der Waals surface area contributed by atoms with Gasteiger partial charge in [-0.15, -0.1) is 0 Å². The zero-order valence-corrected chi connectivity index (χ0v) is 11.0. The summed E-state index contributed by atoms with van der Waals surface area (Å²) in [5.74, 6) is 3.26. The molecular formula is C13H18N6. The summed E-state index contributed by atoms with van der Waals surface area (Å²) in [5.41, 5.74) is 0. The van der Waals surface area contributed by atoms with Crippen LogP contribution in [-0.4, -0.2) is 33.3 Å². The van der Waals surface area contributed by atoms with Crippen molar-refractivity contribution in [2.24, 2.45) is 0 Å². The van der Waals surface area contributed by atoms with Gasteiger partial charge in [0.2, 0.25) is 0 Å². The van der Waals surface area contributed by atoms with Gasteiger partial charge in [-0.2, -0.15) is 5.10 Å². The Morgan fingerprint density at radius 2 is 2.16 bits per heavy atom. The molecule has 0 atom stereocenters. The highest BCUT2D eigenvalue weighted by Crippen LogP contribution is 2.38. The molecule has 100 valence electrons. The van der Waals surface area contributed by atoms with Crippen molar-refractivity contribution >= 4 is 11.6 Å². The van der Waals surface area contributed by atoms with Crippen LogP contribution in [0.4, 0.5) is 11.6 Å². The van der Waals surface area contributed by atoms with E-state index in [1.165, 1.54) is 12.8 Å². The van der Waals surface area contributed by atoms with E-state index in [0.717, 1.165) is 30.5 Å². The third-order valence-electron chi connectivity index (χ3n) is 3.15. The van der Waals surface area contributed by atoms with Crippen LogP contribution in [0.15, 0.2) is 24.5 Å². The van der Waals surface area contributed by atoms with Gasteiger partial charge in [-0.3, -0.25) is 4.68 Å². The molecule has 1 fully saturated rings. The maximum Gasteiger partial charge on any atom is 0.136 e. The molecule has 0 radical (unpaired) electrons. The number of hydrogen-bond acceptors (Lipinski definition) is 5. The van der Waals surface area contributed by atoms with Gasteiger partial charge in [0.1, 0.15) is 17.5 Å². The highest BCUT2D eigenvalue weighted by Gasteiger charge is 2.27. The van der Waals surface area contributed by atoms with Crippen molar-refractivity contribution in [2.45, 2.75) is 25.3 Å². The van der Waals surface area contributed by atoms with Gasteiger partial charge in [0, 0.05) is 38.0 Å². The monoisotopic (exact) mass is 258 g/mol. The Kier molecular flexibility index (Phi) is 3.31. The van der Waals surface area contributed by atoms with Crippen LogP contribution in [0.1, 0.15) is 24.6 Å². The molecular weight excluding hydrogens is 240 g/mol. The number of nitrogens with zero attached hydrogens (tertiary/aromatic N) is 4. The Bertz CT molecular complexity index is 532. The molecule has 2 N–H and O–H groups in total. The molecule has 1 aliphatic carbocycles. The molecule has 6 nitrogen and oxygen atoms in total. The maximum atomic E-state index is 4.57. The van der Waals surface area contributed by atoms with E-state index in [-0.39, 0.29) is 0 Å². The van der Waals surface area contributed by atoms with Gasteiger partial charge < -0.3 is 10.6 Å². The number of nitrogens with one attached hydrogen (secondary N) is 2. The average Bonchev–Trinajstić information content (AvgIpc) is 3.17. The van der Waals surface area contributed by atoms with E-state index >= 15 is 0 Å². The molecule has 0 bridgehead atoms. The van der Waals surface area contributed by atoms with Crippen molar-refractivity contribution < 1.29 is 0 Å². The predicted octanol–water partition coefficient (Wildman–Crippen LogP) is 1.70. The van der Waals surface area contributed by atoms with E-state index in [1.807, 2.05) is 30.1 Å². The quantitative estimate of drug-likeness (QED) is 0.825. The minimum atomic E-state index is 0.556. The van der Waals surface area contributed by atoms with Gasteiger partial charge in [0.05, 0.1) is 6.54 Å². The smallest absolute Gasteiger partial charge is 0.136 e. The fourth-order valence-corrected chi connectivity index (χ4v) is 1.94. The first kappa shape index (κ1) is 12.0. The lowest BCUT2D eigenvalue weighted by molar-refractivity contribution is 0.636. The van der Waals surface area contributed by atoms with Gasteiger partial charge in [0.15, 0.2) is 0 Å². The van der Waals surface area contributed by atoms with Gasteiger partial charge >= 0.3 is 0 Å². The molecule has 2 heterocycles. The third kappa shape index (κ3) is 3.01. The second kappa shape index (κ2) is 5.26. The Labute approximate surface area is 112 Å². The van der Waals surface area contributed by atoms with Crippen LogP contribution in [-0.2, 0) is 6.54 Å². The van der Waals surface area contributed by atoms with E-state index in [4.69, 9.17) is 0 Å². The molecule has 3 rings (SSSR count). The second-order valence-corrected chi connectivity index (χ2v) is 4.72. The predicted molar refractivity (Wildman–Crippen MR) is 74.3 cm³/mol. The summed E-state index contributed by atoms with van der Waals surface area (Å²) in [5, 5.41) is 10.6. The minimum Gasteiger partial charge on any atom is -0.373 e. The summed E-state index contributed by atoms with van der Waals surface area (Å²) < 4.78 is 1.90. The normalized spacial score (nSPS) is 14.4. The number of hydrogen-bond donors (Lipinski definition) is 2. The summed E-state index contributed by atoms with van der Waals surface area (Å²) in [6.45, 7) is 1.62. The van der Waals surface area contributed by atoms with Gasteiger partial charge in [-0.05, 0) is 18.9 Å². The van der Waals surface area contributed by atoms with E-state index in [2.05, 4.69) is 25.7 Å². The largest absolute Gasteiger partial charge is 0.373 e. The lowest BCUT2D eigenvalue weighted by Crippen LogP contribution is -2.13. The molecule has 1 saturated carbocycles. The van der Waals surface area contributed by atoms with E-state index in [9.17, 15) is 0 Å². The van der Waals surface area contributed by atoms with E-state index in [1.54, 1.807) is 6.20 Å². The molecule has 2 aromatic heterocycles. The maximum absolute atomic E-state index is 4.57. The summed E-state index contributed by atoms with van der Waals surface area (Å²) >= 11 is 0. The first-order valence-electron chi connectivity index (χ1n) is 6.63. The van der Waals surface area contributed by atoms with Crippen molar-refractivity contribution in [1.82, 2.24) is 19.7 Å². The first-order chi connectivity index (χ1) is 9.35. The van der Waals surface area contributed by atoms with Crippen molar-refractivity contribution in [1.29, 1.82) is 0 Å². The molecule has 19 heavy (non-hydrogen) atoms.